The molecule has 0 unspecified atom stereocenters. The first-order chi connectivity index (χ1) is 16.0. The van der Waals surface area contributed by atoms with E-state index in [9.17, 15) is 9.59 Å². The number of pyridine rings is 2. The summed E-state index contributed by atoms with van der Waals surface area (Å²) in [6.07, 6.45) is 5.32. The number of anilines is 1. The van der Waals surface area contributed by atoms with Crippen molar-refractivity contribution in [2.75, 3.05) is 5.32 Å². The molecule has 0 saturated heterocycles. The first kappa shape index (κ1) is 19.9. The fourth-order valence-electron chi connectivity index (χ4n) is 4.97. The number of Topliss-reactive ketones (excluding diaryl/α,β-unsaturated/α-hetero) is 1. The van der Waals surface area contributed by atoms with Gasteiger partial charge in [-0.05, 0) is 55.3 Å². The van der Waals surface area contributed by atoms with Crippen molar-refractivity contribution in [2.45, 2.75) is 44.6 Å². The van der Waals surface area contributed by atoms with Crippen LogP contribution in [0, 0.1) is 12.8 Å². The molecule has 7 heteroatoms. The van der Waals surface area contributed by atoms with Crippen molar-refractivity contribution in [3.8, 4) is 17.2 Å². The number of aryl methyl sites for hydroxylation is 1. The monoisotopic (exact) mass is 441 g/mol. The Bertz CT molecular complexity index is 1290. The van der Waals surface area contributed by atoms with Crippen LogP contribution in [0.15, 0.2) is 48.8 Å². The summed E-state index contributed by atoms with van der Waals surface area (Å²) in [4.78, 5) is 32.8. The largest absolute Gasteiger partial charge is 0.489 e. The van der Waals surface area contributed by atoms with Gasteiger partial charge < -0.3 is 14.8 Å². The number of ether oxygens (including phenoxy) is 2. The van der Waals surface area contributed by atoms with E-state index < -0.39 is 0 Å². The van der Waals surface area contributed by atoms with Gasteiger partial charge in [-0.25, -0.2) is 4.98 Å². The summed E-state index contributed by atoms with van der Waals surface area (Å²) in [6.45, 7) is 2.00. The van der Waals surface area contributed by atoms with Crippen LogP contribution < -0.4 is 14.8 Å². The Morgan fingerprint density at radius 1 is 1.15 bits per heavy atom. The van der Waals surface area contributed by atoms with Crippen LogP contribution >= 0.6 is 0 Å². The summed E-state index contributed by atoms with van der Waals surface area (Å²) in [6, 6.07) is 11.6. The van der Waals surface area contributed by atoms with Crippen LogP contribution in [-0.4, -0.2) is 27.8 Å². The second-order valence-electron chi connectivity index (χ2n) is 9.00. The molecule has 3 atom stereocenters. The predicted molar refractivity (Wildman–Crippen MR) is 121 cm³/mol. The van der Waals surface area contributed by atoms with Gasteiger partial charge in [0.05, 0.1) is 0 Å². The van der Waals surface area contributed by atoms with Gasteiger partial charge in [0.2, 0.25) is 5.91 Å². The topological polar surface area (TPSA) is 90.4 Å². The number of benzene rings is 1. The van der Waals surface area contributed by atoms with E-state index in [1.807, 2.05) is 43.3 Å². The molecule has 3 aliphatic rings. The van der Waals surface area contributed by atoms with E-state index >= 15 is 0 Å². The molecule has 6 rings (SSSR count). The summed E-state index contributed by atoms with van der Waals surface area (Å²) in [5, 5.41) is 2.80. The Hall–Kier alpha value is -3.74. The van der Waals surface area contributed by atoms with Crippen LogP contribution in [0.5, 0.6) is 17.2 Å². The average molecular weight is 441 g/mol. The molecule has 3 aromatic rings. The summed E-state index contributed by atoms with van der Waals surface area (Å²) in [5.74, 6) is 3.43. The molecule has 33 heavy (non-hydrogen) atoms. The van der Waals surface area contributed by atoms with E-state index in [-0.39, 0.29) is 29.6 Å². The number of amides is 1. The van der Waals surface area contributed by atoms with Crippen LogP contribution in [0.25, 0.3) is 0 Å². The Balaban J connectivity index is 1.15. The maximum absolute atomic E-state index is 12.6. The predicted octanol–water partition coefficient (Wildman–Crippen LogP) is 4.14. The number of carbonyl (C=O) groups excluding carboxylic acids is 2. The highest BCUT2D eigenvalue weighted by atomic mass is 16.5. The molecule has 0 bridgehead atoms. The summed E-state index contributed by atoms with van der Waals surface area (Å²) in [5.41, 5.74) is 3.94. The maximum atomic E-state index is 12.6. The van der Waals surface area contributed by atoms with E-state index in [0.29, 0.717) is 43.0 Å². The van der Waals surface area contributed by atoms with Crippen molar-refractivity contribution >= 4 is 17.5 Å². The number of nitrogens with one attached hydrogen (secondary N) is 1. The van der Waals surface area contributed by atoms with Gasteiger partial charge in [-0.3, -0.25) is 14.6 Å². The number of rotatable bonds is 6. The molecule has 0 spiro atoms. The Labute approximate surface area is 191 Å². The number of nitrogens with zero attached hydrogens (tertiary/aromatic N) is 2. The smallest absolute Gasteiger partial charge is 0.225 e. The van der Waals surface area contributed by atoms with Crippen molar-refractivity contribution in [3.63, 3.8) is 0 Å². The van der Waals surface area contributed by atoms with Gasteiger partial charge >= 0.3 is 0 Å². The molecule has 1 aromatic carbocycles. The highest BCUT2D eigenvalue weighted by molar-refractivity contribution is 5.93. The molecule has 0 radical (unpaired) electrons. The SMILES string of the molecule is Cc1ccnc(CC(=O)C[C@H]2[C@@H]3Oc4ccc(Oc5ccnc6c5CCC(=O)N6)cc4[C@H]23)c1. The molecule has 1 fully saturated rings. The number of aromatic nitrogens is 2. The molecular weight excluding hydrogens is 418 g/mol. The Kier molecular flexibility index (Phi) is 4.64. The number of hydrogen-bond acceptors (Lipinski definition) is 6. The maximum Gasteiger partial charge on any atom is 0.225 e. The average Bonchev–Trinajstić information content (AvgIpc) is 3.30. The zero-order valence-electron chi connectivity index (χ0n) is 18.2. The molecule has 1 aliphatic carbocycles. The molecule has 4 heterocycles. The normalized spacial score (nSPS) is 21.8. The number of hydrogen-bond donors (Lipinski definition) is 1. The van der Waals surface area contributed by atoms with Crippen molar-refractivity contribution in [1.82, 2.24) is 9.97 Å². The van der Waals surface area contributed by atoms with Crippen LogP contribution in [0.2, 0.25) is 0 Å². The third-order valence-corrected chi connectivity index (χ3v) is 6.61. The van der Waals surface area contributed by atoms with Gasteiger partial charge in [0.15, 0.2) is 0 Å². The summed E-state index contributed by atoms with van der Waals surface area (Å²) in [7, 11) is 0. The molecule has 1 saturated carbocycles. The van der Waals surface area contributed by atoms with Gasteiger partial charge in [-0.2, -0.15) is 0 Å². The third-order valence-electron chi connectivity index (χ3n) is 6.61. The standard InChI is InChI=1S/C26H23N3O4/c1-14-6-8-27-15(10-14)11-16(30)12-20-24-19-13-17(2-4-21(19)33-25(20)24)32-22-7-9-28-26-18(22)3-5-23(31)29-26/h2,4,6-10,13,20,24-25H,3,5,11-12H2,1H3,(H,28,29,31)/t20-,24-,25+/m1/s1. The lowest BCUT2D eigenvalue weighted by Crippen LogP contribution is -2.20. The molecule has 1 amide bonds. The first-order valence-corrected chi connectivity index (χ1v) is 11.2. The lowest BCUT2D eigenvalue weighted by atomic mass is 10.0. The van der Waals surface area contributed by atoms with Crippen LogP contribution in [0.3, 0.4) is 0 Å². The van der Waals surface area contributed by atoms with Gasteiger partial charge in [-0.15, -0.1) is 0 Å². The van der Waals surface area contributed by atoms with Crippen LogP contribution in [-0.2, 0) is 22.4 Å². The molecular formula is C26H23N3O4. The summed E-state index contributed by atoms with van der Waals surface area (Å²) < 4.78 is 12.3. The Morgan fingerprint density at radius 3 is 2.91 bits per heavy atom. The van der Waals surface area contributed by atoms with Crippen molar-refractivity contribution in [2.24, 2.45) is 5.92 Å². The van der Waals surface area contributed by atoms with Crippen molar-refractivity contribution in [3.05, 3.63) is 71.2 Å². The molecule has 2 aromatic heterocycles. The van der Waals surface area contributed by atoms with E-state index in [0.717, 1.165) is 28.1 Å². The van der Waals surface area contributed by atoms with Gasteiger partial charge in [0.25, 0.3) is 0 Å². The van der Waals surface area contributed by atoms with Gasteiger partial charge in [0, 0.05) is 60.3 Å². The molecule has 7 nitrogen and oxygen atoms in total. The second-order valence-corrected chi connectivity index (χ2v) is 9.00. The zero-order chi connectivity index (χ0) is 22.5. The molecule has 166 valence electrons. The van der Waals surface area contributed by atoms with E-state index in [2.05, 4.69) is 15.3 Å². The number of fused-ring (bicyclic) bond motifs is 4. The highest BCUT2D eigenvalue weighted by Gasteiger charge is 2.59. The zero-order valence-corrected chi connectivity index (χ0v) is 18.2. The van der Waals surface area contributed by atoms with Gasteiger partial charge in [0.1, 0.15) is 35.0 Å². The fraction of sp³-hybridized carbons (Fsp3) is 0.308. The molecule has 2 aliphatic heterocycles. The van der Waals surface area contributed by atoms with Crippen molar-refractivity contribution < 1.29 is 19.1 Å². The fourth-order valence-corrected chi connectivity index (χ4v) is 4.97. The van der Waals surface area contributed by atoms with E-state index in [4.69, 9.17) is 9.47 Å². The minimum Gasteiger partial charge on any atom is -0.489 e. The lowest BCUT2D eigenvalue weighted by molar-refractivity contribution is -0.119. The Morgan fingerprint density at radius 2 is 2.03 bits per heavy atom. The summed E-state index contributed by atoms with van der Waals surface area (Å²) >= 11 is 0. The lowest BCUT2D eigenvalue weighted by Gasteiger charge is -2.19. The van der Waals surface area contributed by atoms with E-state index in [1.165, 1.54) is 0 Å². The van der Waals surface area contributed by atoms with Crippen molar-refractivity contribution in [1.29, 1.82) is 0 Å². The number of ketones is 1. The van der Waals surface area contributed by atoms with E-state index in [1.54, 1.807) is 12.4 Å². The van der Waals surface area contributed by atoms with Crippen LogP contribution in [0.1, 0.15) is 41.1 Å². The van der Waals surface area contributed by atoms with Gasteiger partial charge in [-0.1, -0.05) is 0 Å². The molecule has 1 N–H and O–H groups in total. The van der Waals surface area contributed by atoms with Crippen LogP contribution in [0.4, 0.5) is 5.82 Å². The first-order valence-electron chi connectivity index (χ1n) is 11.2. The quantitative estimate of drug-likeness (QED) is 0.618. The second kappa shape index (κ2) is 7.69. The highest BCUT2D eigenvalue weighted by Crippen LogP contribution is 2.60. The third kappa shape index (κ3) is 3.73. The minimum absolute atomic E-state index is 0.0274. The minimum atomic E-state index is -0.0274. The number of carbonyl (C=O) groups is 2.